The lowest BCUT2D eigenvalue weighted by atomic mass is 9.78. The molecule has 0 radical (unpaired) electrons. The summed E-state index contributed by atoms with van der Waals surface area (Å²) in [7, 11) is 0. The molecule has 0 aliphatic heterocycles. The van der Waals surface area contributed by atoms with Crippen molar-refractivity contribution in [3.05, 3.63) is 45.3 Å². The molecule has 3 rings (SSSR count). The molecule has 1 aliphatic rings. The first-order chi connectivity index (χ1) is 13.3. The Morgan fingerprint density at radius 3 is 2.75 bits per heavy atom. The maximum absolute atomic E-state index is 12.5. The summed E-state index contributed by atoms with van der Waals surface area (Å²) in [4.78, 5) is 37.0. The monoisotopic (exact) mass is 405 g/mol. The number of halogens is 1. The number of fused-ring (bicyclic) bond motifs is 1. The summed E-state index contributed by atoms with van der Waals surface area (Å²) >= 11 is 5.88. The van der Waals surface area contributed by atoms with E-state index in [2.05, 4.69) is 19.2 Å². The van der Waals surface area contributed by atoms with E-state index in [1.165, 1.54) is 19.1 Å². The summed E-state index contributed by atoms with van der Waals surface area (Å²) in [6.45, 7) is 5.81. The van der Waals surface area contributed by atoms with E-state index in [0.717, 1.165) is 25.3 Å². The fourth-order valence-electron chi connectivity index (χ4n) is 3.59. The van der Waals surface area contributed by atoms with Gasteiger partial charge in [0.2, 0.25) is 5.76 Å². The Morgan fingerprint density at radius 2 is 2.00 bits per heavy atom. The Bertz CT molecular complexity index is 953. The number of rotatable bonds is 4. The second-order valence-corrected chi connectivity index (χ2v) is 7.98. The summed E-state index contributed by atoms with van der Waals surface area (Å²) in [6.07, 6.45) is 2.14. The number of carbonyl (C=O) groups excluding carboxylic acids is 2. The molecular weight excluding hydrogens is 382 g/mol. The van der Waals surface area contributed by atoms with E-state index in [1.54, 1.807) is 6.07 Å². The molecule has 1 N–H and O–H groups in total. The van der Waals surface area contributed by atoms with E-state index in [9.17, 15) is 14.4 Å². The number of carbonyl (C=O) groups is 2. The van der Waals surface area contributed by atoms with Crippen LogP contribution in [0.3, 0.4) is 0 Å². The molecule has 4 atom stereocenters. The zero-order valence-electron chi connectivity index (χ0n) is 16.2. The number of benzene rings is 1. The first-order valence-electron chi connectivity index (χ1n) is 9.51. The first kappa shape index (κ1) is 20.4. The van der Waals surface area contributed by atoms with Crippen molar-refractivity contribution in [3.8, 4) is 0 Å². The third-order valence-corrected chi connectivity index (χ3v) is 5.81. The maximum Gasteiger partial charge on any atom is 0.375 e. The van der Waals surface area contributed by atoms with Crippen molar-refractivity contribution in [3.63, 3.8) is 0 Å². The van der Waals surface area contributed by atoms with Crippen molar-refractivity contribution in [2.24, 2.45) is 11.8 Å². The molecule has 1 aliphatic carbocycles. The molecule has 1 saturated carbocycles. The van der Waals surface area contributed by atoms with Gasteiger partial charge < -0.3 is 14.5 Å². The normalized spacial score (nSPS) is 23.2. The van der Waals surface area contributed by atoms with Crippen LogP contribution in [0, 0.1) is 11.8 Å². The molecule has 0 saturated heterocycles. The quantitative estimate of drug-likeness (QED) is 0.779. The van der Waals surface area contributed by atoms with Crippen molar-refractivity contribution in [2.75, 3.05) is 0 Å². The van der Waals surface area contributed by atoms with Gasteiger partial charge in [-0.25, -0.2) is 4.79 Å². The van der Waals surface area contributed by atoms with E-state index < -0.39 is 17.5 Å². The Labute approximate surface area is 168 Å². The molecule has 1 aromatic heterocycles. The van der Waals surface area contributed by atoms with E-state index in [-0.39, 0.29) is 28.7 Å². The smallest absolute Gasteiger partial charge is 0.375 e. The summed E-state index contributed by atoms with van der Waals surface area (Å²) in [5.41, 5.74) is -0.177. The van der Waals surface area contributed by atoms with Gasteiger partial charge in [0.25, 0.3) is 5.91 Å². The van der Waals surface area contributed by atoms with E-state index >= 15 is 0 Å². The van der Waals surface area contributed by atoms with Gasteiger partial charge in [0.05, 0.1) is 5.39 Å². The van der Waals surface area contributed by atoms with Gasteiger partial charge in [0.15, 0.2) is 11.5 Å². The summed E-state index contributed by atoms with van der Waals surface area (Å²) in [5, 5.41) is 3.65. The number of ether oxygens (including phenoxy) is 1. The van der Waals surface area contributed by atoms with Crippen molar-refractivity contribution in [2.45, 2.75) is 52.2 Å². The number of amides is 1. The minimum atomic E-state index is -0.997. The van der Waals surface area contributed by atoms with Gasteiger partial charge in [-0.15, -0.1) is 0 Å². The Hall–Kier alpha value is -2.34. The van der Waals surface area contributed by atoms with Crippen LogP contribution in [0.1, 0.15) is 50.6 Å². The molecule has 1 heterocycles. The molecule has 1 fully saturated rings. The van der Waals surface area contributed by atoms with Crippen molar-refractivity contribution in [1.82, 2.24) is 5.32 Å². The zero-order chi connectivity index (χ0) is 20.4. The summed E-state index contributed by atoms with van der Waals surface area (Å²) in [5.74, 6) is -0.557. The largest absolute Gasteiger partial charge is 0.449 e. The standard InChI is InChI=1S/C21H24ClNO5/c1-11-5-4-6-16(12(11)2)23-20(25)13(3)27-21(26)19-10-17(24)15-9-14(22)7-8-18(15)28-19/h7-13,16H,4-6H2,1-3H3,(H,23,25)/t11-,12+,13+,16-/m0/s1. The predicted molar refractivity (Wildman–Crippen MR) is 106 cm³/mol. The van der Waals surface area contributed by atoms with Crippen LogP contribution < -0.4 is 10.7 Å². The van der Waals surface area contributed by atoms with Crippen LogP contribution in [0.15, 0.2) is 33.5 Å². The number of hydrogen-bond donors (Lipinski definition) is 1. The van der Waals surface area contributed by atoms with E-state index in [0.29, 0.717) is 16.9 Å². The van der Waals surface area contributed by atoms with Crippen LogP contribution >= 0.6 is 11.6 Å². The number of hydrogen-bond acceptors (Lipinski definition) is 5. The van der Waals surface area contributed by atoms with Gasteiger partial charge in [-0.3, -0.25) is 9.59 Å². The molecule has 1 aromatic carbocycles. The first-order valence-corrected chi connectivity index (χ1v) is 9.89. The minimum absolute atomic E-state index is 0.0701. The second kappa shape index (κ2) is 8.35. The van der Waals surface area contributed by atoms with Crippen LogP contribution in [-0.4, -0.2) is 24.0 Å². The lowest BCUT2D eigenvalue weighted by molar-refractivity contribution is -0.130. The average Bonchev–Trinajstić information content (AvgIpc) is 2.65. The lowest BCUT2D eigenvalue weighted by Gasteiger charge is -2.35. The third kappa shape index (κ3) is 4.38. The van der Waals surface area contributed by atoms with Gasteiger partial charge in [0.1, 0.15) is 5.58 Å². The van der Waals surface area contributed by atoms with Gasteiger partial charge in [-0.1, -0.05) is 38.3 Å². The number of esters is 1. The van der Waals surface area contributed by atoms with Gasteiger partial charge in [0, 0.05) is 17.1 Å². The average molecular weight is 406 g/mol. The van der Waals surface area contributed by atoms with Crippen molar-refractivity contribution in [1.29, 1.82) is 0 Å². The molecule has 1 amide bonds. The summed E-state index contributed by atoms with van der Waals surface area (Å²) < 4.78 is 10.7. The molecule has 6 nitrogen and oxygen atoms in total. The highest BCUT2D eigenvalue weighted by molar-refractivity contribution is 6.31. The van der Waals surface area contributed by atoms with Crippen LogP contribution in [0.4, 0.5) is 0 Å². The molecule has 150 valence electrons. The molecule has 2 aromatic rings. The molecule has 0 bridgehead atoms. The molecule has 28 heavy (non-hydrogen) atoms. The fraction of sp³-hybridized carbons (Fsp3) is 0.476. The highest BCUT2D eigenvalue weighted by atomic mass is 35.5. The van der Waals surface area contributed by atoms with Crippen LogP contribution in [0.2, 0.25) is 5.02 Å². The Balaban J connectivity index is 1.68. The topological polar surface area (TPSA) is 85.6 Å². The minimum Gasteiger partial charge on any atom is -0.449 e. The van der Waals surface area contributed by atoms with Crippen LogP contribution in [-0.2, 0) is 9.53 Å². The van der Waals surface area contributed by atoms with E-state index in [1.807, 2.05) is 0 Å². The fourth-order valence-corrected chi connectivity index (χ4v) is 3.76. The summed E-state index contributed by atoms with van der Waals surface area (Å²) in [6, 6.07) is 5.67. The number of nitrogens with one attached hydrogen (secondary N) is 1. The van der Waals surface area contributed by atoms with Crippen LogP contribution in [0.25, 0.3) is 11.0 Å². The van der Waals surface area contributed by atoms with Crippen LogP contribution in [0.5, 0.6) is 0 Å². The molecule has 7 heteroatoms. The van der Waals surface area contributed by atoms with Crippen molar-refractivity contribution >= 4 is 34.4 Å². The molecular formula is C21H24ClNO5. The predicted octanol–water partition coefficient (Wildman–Crippen LogP) is 3.93. The second-order valence-electron chi connectivity index (χ2n) is 7.55. The molecule has 0 spiro atoms. The molecule has 0 unspecified atom stereocenters. The Morgan fingerprint density at radius 1 is 1.25 bits per heavy atom. The van der Waals surface area contributed by atoms with Gasteiger partial charge >= 0.3 is 5.97 Å². The van der Waals surface area contributed by atoms with Gasteiger partial charge in [-0.2, -0.15) is 0 Å². The lowest BCUT2D eigenvalue weighted by Crippen LogP contribution is -2.47. The SMILES string of the molecule is C[C@H]1[C@@H](NC(=O)[C@@H](C)OC(=O)c2cc(=O)c3cc(Cl)ccc3o2)CCC[C@@H]1C. The van der Waals surface area contributed by atoms with Gasteiger partial charge in [-0.05, 0) is 43.4 Å². The maximum atomic E-state index is 12.5. The Kier molecular flexibility index (Phi) is 6.08. The highest BCUT2D eigenvalue weighted by Gasteiger charge is 2.30. The van der Waals surface area contributed by atoms with Crippen molar-refractivity contribution < 1.29 is 18.7 Å². The van der Waals surface area contributed by atoms with E-state index in [4.69, 9.17) is 20.8 Å². The highest BCUT2D eigenvalue weighted by Crippen LogP contribution is 2.29. The zero-order valence-corrected chi connectivity index (χ0v) is 16.9. The third-order valence-electron chi connectivity index (χ3n) is 5.58.